The van der Waals surface area contributed by atoms with Crippen LogP contribution >= 0.6 is 0 Å². The number of benzene rings is 1. The average molecular weight is 458 g/mol. The van der Waals surface area contributed by atoms with Crippen molar-refractivity contribution in [2.24, 2.45) is 11.8 Å². The van der Waals surface area contributed by atoms with Crippen molar-refractivity contribution in [2.75, 3.05) is 20.2 Å². The van der Waals surface area contributed by atoms with Crippen molar-refractivity contribution in [3.63, 3.8) is 0 Å². The Bertz CT molecular complexity index is 1110. The second kappa shape index (κ2) is 8.97. The zero-order valence-corrected chi connectivity index (χ0v) is 18.5. The molecule has 1 aromatic carbocycles. The summed E-state index contributed by atoms with van der Waals surface area (Å²) in [5, 5.41) is 29.1. The van der Waals surface area contributed by atoms with Crippen LogP contribution < -0.4 is 20.8 Å². The summed E-state index contributed by atoms with van der Waals surface area (Å²) < 4.78 is 18.1. The van der Waals surface area contributed by atoms with Crippen LogP contribution in [0, 0.1) is 34.2 Å². The van der Waals surface area contributed by atoms with Crippen molar-refractivity contribution >= 4 is 22.7 Å². The molecule has 5 atom stereocenters. The van der Waals surface area contributed by atoms with E-state index in [9.17, 15) is 24.4 Å². The van der Waals surface area contributed by atoms with Gasteiger partial charge in [0.2, 0.25) is 5.91 Å². The molecule has 1 aromatic heterocycles. The molecule has 2 amide bonds. The maximum absolute atomic E-state index is 14.0. The predicted octanol–water partition coefficient (Wildman–Crippen LogP) is 1.65. The Morgan fingerprint density at radius 3 is 2.94 bits per heavy atom. The maximum Gasteiger partial charge on any atom is 0.272 e. The summed E-state index contributed by atoms with van der Waals surface area (Å²) in [7, 11) is 1.35. The van der Waals surface area contributed by atoms with Gasteiger partial charge >= 0.3 is 0 Å². The lowest BCUT2D eigenvalue weighted by molar-refractivity contribution is -0.940. The third-order valence-electron chi connectivity index (χ3n) is 6.38. The van der Waals surface area contributed by atoms with Crippen molar-refractivity contribution in [2.45, 2.75) is 38.4 Å². The molecule has 10 nitrogen and oxygen atoms in total. The zero-order chi connectivity index (χ0) is 23.8. The number of amides is 2. The van der Waals surface area contributed by atoms with Crippen LogP contribution in [0.3, 0.4) is 0 Å². The number of nitriles is 1. The number of halogens is 1. The van der Waals surface area contributed by atoms with E-state index in [0.29, 0.717) is 30.3 Å². The Morgan fingerprint density at radius 1 is 1.48 bits per heavy atom. The second-order valence-corrected chi connectivity index (χ2v) is 8.86. The first-order valence-electron chi connectivity index (χ1n) is 10.9. The van der Waals surface area contributed by atoms with Crippen LogP contribution in [-0.4, -0.2) is 54.0 Å². The average Bonchev–Trinajstić information content (AvgIpc) is 3.45. The lowest BCUT2D eigenvalue weighted by Gasteiger charge is -2.44. The van der Waals surface area contributed by atoms with E-state index in [1.165, 1.54) is 25.3 Å². The standard InChI is InChI=1S/C22H27FN6O4/c1-12-7-19(29(32,11-12)28-14(10-24)8-13-5-6-25-21(13)30)27-22(31)18-9-15-17(26-18)4-3-16(23)20(15)33-2/h3-4,9,12-14,19,26,28H,5-8,11H2,1-2H3,(H,25,30)(H,27,31)/t12?,13-,14-,19-,29?/m0/s1. The number of hydrogen-bond acceptors (Lipinski definition) is 6. The van der Waals surface area contributed by atoms with Crippen LogP contribution in [0.1, 0.15) is 36.7 Å². The largest absolute Gasteiger partial charge is 0.610 e. The zero-order valence-electron chi connectivity index (χ0n) is 18.5. The van der Waals surface area contributed by atoms with Crippen LogP contribution in [0.4, 0.5) is 4.39 Å². The molecule has 2 unspecified atom stereocenters. The van der Waals surface area contributed by atoms with Gasteiger partial charge in [0, 0.05) is 35.7 Å². The number of hydrogen-bond donors (Lipinski definition) is 4. The van der Waals surface area contributed by atoms with Gasteiger partial charge in [0.05, 0.1) is 13.2 Å². The molecule has 2 aliphatic heterocycles. The van der Waals surface area contributed by atoms with Crippen molar-refractivity contribution in [1.29, 1.82) is 5.26 Å². The minimum Gasteiger partial charge on any atom is -0.610 e. The van der Waals surface area contributed by atoms with Crippen LogP contribution in [0.15, 0.2) is 18.2 Å². The van der Waals surface area contributed by atoms with Crippen molar-refractivity contribution in [3.05, 3.63) is 34.9 Å². The topological polar surface area (TPSA) is 142 Å². The fourth-order valence-corrected chi connectivity index (χ4v) is 4.78. The Morgan fingerprint density at radius 2 is 2.27 bits per heavy atom. The third kappa shape index (κ3) is 4.50. The smallest absolute Gasteiger partial charge is 0.272 e. The van der Waals surface area contributed by atoms with E-state index in [1.807, 2.05) is 6.92 Å². The number of carbonyl (C=O) groups is 2. The molecule has 0 bridgehead atoms. The summed E-state index contributed by atoms with van der Waals surface area (Å²) in [4.78, 5) is 27.8. The Labute approximate surface area is 190 Å². The van der Waals surface area contributed by atoms with Crippen LogP contribution in [0.25, 0.3) is 10.9 Å². The fraction of sp³-hybridized carbons (Fsp3) is 0.500. The molecule has 2 saturated heterocycles. The number of carbonyl (C=O) groups excluding carboxylic acids is 2. The van der Waals surface area contributed by atoms with E-state index in [0.717, 1.165) is 0 Å². The van der Waals surface area contributed by atoms with Crippen LogP contribution in [0.5, 0.6) is 5.75 Å². The summed E-state index contributed by atoms with van der Waals surface area (Å²) in [6.07, 6.45) is 0.444. The number of aromatic nitrogens is 1. The molecule has 176 valence electrons. The number of fused-ring (bicyclic) bond motifs is 1. The lowest BCUT2D eigenvalue weighted by atomic mass is 9.99. The fourth-order valence-electron chi connectivity index (χ4n) is 4.78. The van der Waals surface area contributed by atoms with Crippen molar-refractivity contribution in [1.82, 2.24) is 21.0 Å². The Hall–Kier alpha value is -3.20. The highest BCUT2D eigenvalue weighted by molar-refractivity contribution is 5.99. The van der Waals surface area contributed by atoms with E-state index in [4.69, 9.17) is 4.74 Å². The van der Waals surface area contributed by atoms with E-state index in [2.05, 4.69) is 27.1 Å². The molecule has 33 heavy (non-hydrogen) atoms. The molecule has 2 aliphatic rings. The summed E-state index contributed by atoms with van der Waals surface area (Å²) in [6.45, 7) is 2.64. The van der Waals surface area contributed by atoms with Crippen molar-refractivity contribution in [3.8, 4) is 11.8 Å². The number of hydroxylamine groups is 2. The van der Waals surface area contributed by atoms with Gasteiger partial charge in [0.1, 0.15) is 18.3 Å². The lowest BCUT2D eigenvalue weighted by Crippen LogP contribution is -2.64. The predicted molar refractivity (Wildman–Crippen MR) is 117 cm³/mol. The number of nitrogens with zero attached hydrogens (tertiary/aromatic N) is 2. The molecule has 0 aliphatic carbocycles. The highest BCUT2D eigenvalue weighted by atomic mass is 19.1. The van der Waals surface area contributed by atoms with Crippen LogP contribution in [0.2, 0.25) is 0 Å². The highest BCUT2D eigenvalue weighted by Gasteiger charge is 2.43. The number of rotatable bonds is 7. The van der Waals surface area contributed by atoms with Crippen molar-refractivity contribution < 1.29 is 23.5 Å². The molecule has 0 spiro atoms. The maximum atomic E-state index is 14.0. The minimum absolute atomic E-state index is 0.00586. The molecule has 4 N–H and O–H groups in total. The summed E-state index contributed by atoms with van der Waals surface area (Å²) in [5.41, 5.74) is 3.52. The quantitative estimate of drug-likeness (QED) is 0.367. The molecule has 2 fully saturated rings. The minimum atomic E-state index is -0.961. The van der Waals surface area contributed by atoms with Crippen LogP contribution in [-0.2, 0) is 4.79 Å². The molecule has 2 aromatic rings. The van der Waals surface area contributed by atoms with Gasteiger partial charge in [-0.3, -0.25) is 19.7 Å². The summed E-state index contributed by atoms with van der Waals surface area (Å²) >= 11 is 0. The number of ether oxygens (including phenoxy) is 1. The second-order valence-electron chi connectivity index (χ2n) is 8.86. The molecule has 0 radical (unpaired) electrons. The van der Waals surface area contributed by atoms with E-state index >= 15 is 0 Å². The number of H-pyrrole nitrogens is 1. The first-order valence-corrected chi connectivity index (χ1v) is 10.9. The Kier molecular flexibility index (Phi) is 6.25. The first kappa shape index (κ1) is 23.0. The van der Waals surface area contributed by atoms with Gasteiger partial charge in [-0.2, -0.15) is 5.26 Å². The summed E-state index contributed by atoms with van der Waals surface area (Å²) in [5.74, 6) is -1.45. The van der Waals surface area contributed by atoms with E-state index in [1.54, 1.807) is 0 Å². The summed E-state index contributed by atoms with van der Waals surface area (Å²) in [6, 6.07) is 5.48. The molecular weight excluding hydrogens is 431 g/mol. The molecule has 4 rings (SSSR count). The number of methoxy groups -OCH3 is 1. The monoisotopic (exact) mass is 458 g/mol. The Balaban J connectivity index is 1.50. The third-order valence-corrected chi connectivity index (χ3v) is 6.38. The van der Waals surface area contributed by atoms with Gasteiger partial charge in [0.25, 0.3) is 5.91 Å². The molecular formula is C22H27FN6O4. The number of nitrogens with one attached hydrogen (secondary N) is 4. The SMILES string of the molecule is COc1c(F)ccc2[nH]c(C(=O)N[C@@H]3CC(C)C[N+]3([O-])N[C@H](C#N)C[C@@H]3CCNC3=O)cc12. The first-order chi connectivity index (χ1) is 15.7. The molecule has 11 heteroatoms. The van der Waals surface area contributed by atoms with Gasteiger partial charge in [-0.25, -0.2) is 4.39 Å². The van der Waals surface area contributed by atoms with Gasteiger partial charge in [-0.15, -0.1) is 5.43 Å². The van der Waals surface area contributed by atoms with Gasteiger partial charge in [-0.1, -0.05) is 6.92 Å². The van der Waals surface area contributed by atoms with E-state index in [-0.39, 0.29) is 42.2 Å². The normalized spacial score (nSPS) is 27.8. The number of quaternary nitrogens is 1. The molecule has 3 heterocycles. The van der Waals surface area contributed by atoms with E-state index < -0.39 is 28.7 Å². The van der Waals surface area contributed by atoms with Gasteiger partial charge in [-0.05, 0) is 31.0 Å². The highest BCUT2D eigenvalue weighted by Crippen LogP contribution is 2.31. The number of aromatic amines is 1. The van der Waals surface area contributed by atoms with Gasteiger partial charge in [0.15, 0.2) is 17.7 Å². The van der Waals surface area contributed by atoms with Gasteiger partial charge < -0.3 is 20.2 Å². The molecule has 0 saturated carbocycles.